The molecule has 0 atom stereocenters. The van der Waals surface area contributed by atoms with Gasteiger partial charge in [0.05, 0.1) is 7.11 Å². The summed E-state index contributed by atoms with van der Waals surface area (Å²) in [6, 6.07) is 13.6. The van der Waals surface area contributed by atoms with Gasteiger partial charge in [-0.1, -0.05) is 21.9 Å². The smallest absolute Gasteiger partial charge is 0.148 e. The van der Waals surface area contributed by atoms with Crippen LogP contribution in [-0.4, -0.2) is 13.7 Å². The van der Waals surface area contributed by atoms with Crippen molar-refractivity contribution in [2.75, 3.05) is 19.0 Å². The zero-order valence-electron chi connectivity index (χ0n) is 11.7. The molecule has 0 radical (unpaired) electrons. The monoisotopic (exact) mass is 345 g/mol. The van der Waals surface area contributed by atoms with Crippen LogP contribution in [0.1, 0.15) is 5.56 Å². The Morgan fingerprint density at radius 3 is 2.62 bits per heavy atom. The fourth-order valence-electron chi connectivity index (χ4n) is 1.85. The van der Waals surface area contributed by atoms with Gasteiger partial charge in [0.25, 0.3) is 0 Å². The third-order valence-corrected chi connectivity index (χ3v) is 3.40. The van der Waals surface area contributed by atoms with Crippen LogP contribution < -0.4 is 14.8 Å². The fourth-order valence-corrected chi connectivity index (χ4v) is 2.26. The molecule has 0 aliphatic heterocycles. The van der Waals surface area contributed by atoms with Gasteiger partial charge in [-0.15, -0.1) is 6.42 Å². The summed E-state index contributed by atoms with van der Waals surface area (Å²) in [5.41, 5.74) is 2.05. The van der Waals surface area contributed by atoms with Crippen LogP contribution in [-0.2, 0) is 6.54 Å². The van der Waals surface area contributed by atoms with Crippen LogP contribution in [0.2, 0.25) is 0 Å². The molecule has 2 rings (SSSR count). The van der Waals surface area contributed by atoms with Crippen molar-refractivity contribution in [3.63, 3.8) is 0 Å². The first-order valence-corrected chi connectivity index (χ1v) is 7.25. The minimum Gasteiger partial charge on any atom is -0.497 e. The summed E-state index contributed by atoms with van der Waals surface area (Å²) in [7, 11) is 1.65. The third-order valence-electron chi connectivity index (χ3n) is 2.91. The van der Waals surface area contributed by atoms with Crippen molar-refractivity contribution >= 4 is 21.6 Å². The van der Waals surface area contributed by atoms with Gasteiger partial charge in [0.1, 0.15) is 18.1 Å². The van der Waals surface area contributed by atoms with E-state index in [2.05, 4.69) is 27.2 Å². The summed E-state index contributed by atoms with van der Waals surface area (Å²) >= 11 is 3.47. The fraction of sp³-hybridized carbons (Fsp3) is 0.176. The molecule has 0 aromatic heterocycles. The molecular formula is C17H16BrNO2. The van der Waals surface area contributed by atoms with Crippen molar-refractivity contribution in [1.82, 2.24) is 0 Å². The number of hydrogen-bond acceptors (Lipinski definition) is 3. The predicted molar refractivity (Wildman–Crippen MR) is 88.8 cm³/mol. The number of ether oxygens (including phenoxy) is 2. The van der Waals surface area contributed by atoms with Gasteiger partial charge in [-0.05, 0) is 42.5 Å². The van der Waals surface area contributed by atoms with Crippen LogP contribution in [0.15, 0.2) is 46.9 Å². The highest BCUT2D eigenvalue weighted by molar-refractivity contribution is 9.10. The van der Waals surface area contributed by atoms with E-state index in [9.17, 15) is 0 Å². The summed E-state index contributed by atoms with van der Waals surface area (Å²) in [6.45, 7) is 0.906. The van der Waals surface area contributed by atoms with Gasteiger partial charge >= 0.3 is 0 Å². The van der Waals surface area contributed by atoms with Gasteiger partial charge in [0, 0.05) is 22.3 Å². The Morgan fingerprint density at radius 2 is 1.95 bits per heavy atom. The molecule has 1 N–H and O–H groups in total. The van der Waals surface area contributed by atoms with Crippen LogP contribution in [0.4, 0.5) is 5.69 Å². The van der Waals surface area contributed by atoms with E-state index in [-0.39, 0.29) is 6.61 Å². The minimum absolute atomic E-state index is 0.261. The number of benzene rings is 2. The van der Waals surface area contributed by atoms with E-state index in [0.29, 0.717) is 6.54 Å². The van der Waals surface area contributed by atoms with Crippen molar-refractivity contribution in [1.29, 1.82) is 0 Å². The first-order chi connectivity index (χ1) is 10.2. The summed E-state index contributed by atoms with van der Waals surface area (Å²) < 4.78 is 11.7. The molecule has 0 bridgehead atoms. The molecule has 21 heavy (non-hydrogen) atoms. The molecular weight excluding hydrogens is 330 g/mol. The van der Waals surface area contributed by atoms with Crippen LogP contribution in [0.5, 0.6) is 11.5 Å². The normalized spacial score (nSPS) is 9.76. The van der Waals surface area contributed by atoms with E-state index in [1.807, 2.05) is 42.5 Å². The number of nitrogens with one attached hydrogen (secondary N) is 1. The van der Waals surface area contributed by atoms with Gasteiger partial charge in [-0.3, -0.25) is 0 Å². The van der Waals surface area contributed by atoms with Crippen molar-refractivity contribution in [2.24, 2.45) is 0 Å². The van der Waals surface area contributed by atoms with Crippen molar-refractivity contribution in [3.05, 3.63) is 52.5 Å². The number of rotatable bonds is 6. The zero-order chi connectivity index (χ0) is 15.1. The summed E-state index contributed by atoms with van der Waals surface area (Å²) in [4.78, 5) is 0. The zero-order valence-corrected chi connectivity index (χ0v) is 13.3. The van der Waals surface area contributed by atoms with Gasteiger partial charge in [-0.2, -0.15) is 0 Å². The maximum Gasteiger partial charge on any atom is 0.148 e. The molecule has 0 fully saturated rings. The highest BCUT2D eigenvalue weighted by Gasteiger charge is 2.05. The van der Waals surface area contributed by atoms with Crippen molar-refractivity contribution in [2.45, 2.75) is 6.54 Å². The molecule has 3 nitrogen and oxygen atoms in total. The average Bonchev–Trinajstić information content (AvgIpc) is 2.52. The van der Waals surface area contributed by atoms with Gasteiger partial charge in [0.2, 0.25) is 0 Å². The topological polar surface area (TPSA) is 30.5 Å². The van der Waals surface area contributed by atoms with E-state index in [1.54, 1.807) is 7.11 Å². The SMILES string of the molecule is C#CCOc1ccc(Br)cc1CNc1ccc(OC)cc1. The lowest BCUT2D eigenvalue weighted by Crippen LogP contribution is -2.03. The van der Waals surface area contributed by atoms with Gasteiger partial charge in [-0.25, -0.2) is 0 Å². The summed E-state index contributed by atoms with van der Waals surface area (Å²) in [6.07, 6.45) is 5.24. The quantitative estimate of drug-likeness (QED) is 0.800. The third kappa shape index (κ3) is 4.44. The molecule has 0 saturated carbocycles. The number of anilines is 1. The predicted octanol–water partition coefficient (Wildman–Crippen LogP) is 4.08. The van der Waals surface area contributed by atoms with Gasteiger partial charge in [0.15, 0.2) is 0 Å². The molecule has 0 heterocycles. The first-order valence-electron chi connectivity index (χ1n) is 6.45. The van der Waals surface area contributed by atoms with Crippen LogP contribution >= 0.6 is 15.9 Å². The molecule has 0 aliphatic carbocycles. The van der Waals surface area contributed by atoms with Crippen LogP contribution in [0.3, 0.4) is 0 Å². The molecule has 2 aromatic carbocycles. The Labute approximate surface area is 133 Å². The van der Waals surface area contributed by atoms with E-state index in [4.69, 9.17) is 15.9 Å². The number of halogens is 1. The lowest BCUT2D eigenvalue weighted by molar-refractivity contribution is 0.366. The molecule has 108 valence electrons. The highest BCUT2D eigenvalue weighted by atomic mass is 79.9. The second-order valence-corrected chi connectivity index (χ2v) is 5.24. The van der Waals surface area contributed by atoms with Gasteiger partial charge < -0.3 is 14.8 Å². The maximum atomic E-state index is 5.55. The standard InChI is InChI=1S/C17H16BrNO2/c1-3-10-21-17-9-4-14(18)11-13(17)12-19-15-5-7-16(20-2)8-6-15/h1,4-9,11,19H,10,12H2,2H3. The van der Waals surface area contributed by atoms with Crippen LogP contribution in [0.25, 0.3) is 0 Å². The molecule has 4 heteroatoms. The summed E-state index contributed by atoms with van der Waals surface area (Å²) in [5, 5.41) is 3.35. The van der Waals surface area contributed by atoms with E-state index < -0.39 is 0 Å². The molecule has 0 amide bonds. The molecule has 2 aromatic rings. The average molecular weight is 346 g/mol. The second kappa shape index (κ2) is 7.61. The molecule has 0 saturated heterocycles. The highest BCUT2D eigenvalue weighted by Crippen LogP contribution is 2.24. The minimum atomic E-state index is 0.261. The number of terminal acetylenes is 1. The summed E-state index contributed by atoms with van der Waals surface area (Å²) in [5.74, 6) is 4.10. The molecule has 0 unspecified atom stereocenters. The molecule has 0 aliphatic rings. The number of hydrogen-bond donors (Lipinski definition) is 1. The maximum absolute atomic E-state index is 5.55. The Morgan fingerprint density at radius 1 is 1.19 bits per heavy atom. The Hall–Kier alpha value is -2.12. The lowest BCUT2D eigenvalue weighted by Gasteiger charge is -2.12. The Balaban J connectivity index is 2.07. The Bertz CT molecular complexity index is 632. The molecule has 0 spiro atoms. The Kier molecular flexibility index (Phi) is 5.53. The van der Waals surface area contributed by atoms with Crippen molar-refractivity contribution < 1.29 is 9.47 Å². The van der Waals surface area contributed by atoms with Crippen molar-refractivity contribution in [3.8, 4) is 23.8 Å². The van der Waals surface area contributed by atoms with E-state index in [1.165, 1.54) is 0 Å². The van der Waals surface area contributed by atoms with E-state index >= 15 is 0 Å². The lowest BCUT2D eigenvalue weighted by atomic mass is 10.2. The second-order valence-electron chi connectivity index (χ2n) is 4.33. The van der Waals surface area contributed by atoms with Crippen LogP contribution in [0, 0.1) is 12.3 Å². The van der Waals surface area contributed by atoms with E-state index in [0.717, 1.165) is 27.2 Å². The first kappa shape index (κ1) is 15.3. The number of methoxy groups -OCH3 is 1. The largest absolute Gasteiger partial charge is 0.497 e.